The van der Waals surface area contributed by atoms with Crippen LogP contribution in [0.1, 0.15) is 26.7 Å². The minimum Gasteiger partial charge on any atom is -0.487 e. The molecule has 2 aliphatic rings. The Morgan fingerprint density at radius 2 is 1.88 bits per heavy atom. The molecule has 3 rings (SSSR count). The second-order valence-corrected chi connectivity index (χ2v) is 7.59. The van der Waals surface area contributed by atoms with Crippen LogP contribution in [0.2, 0.25) is 0 Å². The number of nitrogens with zero attached hydrogens (tertiary/aromatic N) is 2. The highest BCUT2D eigenvalue weighted by atomic mass is 16.5. The molecule has 0 radical (unpaired) electrons. The molecule has 2 heterocycles. The van der Waals surface area contributed by atoms with E-state index < -0.39 is 0 Å². The number of amides is 3. The van der Waals surface area contributed by atoms with Gasteiger partial charge in [0.15, 0.2) is 0 Å². The van der Waals surface area contributed by atoms with Crippen molar-refractivity contribution < 1.29 is 14.3 Å². The maximum atomic E-state index is 12.3. The van der Waals surface area contributed by atoms with Crippen molar-refractivity contribution in [3.05, 3.63) is 30.3 Å². The van der Waals surface area contributed by atoms with Gasteiger partial charge in [-0.1, -0.05) is 32.0 Å². The fourth-order valence-corrected chi connectivity index (χ4v) is 3.51. The fraction of sp³-hybridized carbons (Fsp3) is 0.600. The predicted molar refractivity (Wildman–Crippen MR) is 100.0 cm³/mol. The summed E-state index contributed by atoms with van der Waals surface area (Å²) >= 11 is 0. The molecule has 1 N–H and O–H groups in total. The van der Waals surface area contributed by atoms with Gasteiger partial charge < -0.3 is 19.9 Å². The SMILES string of the molecule is CC(C)C(=O)N1CCC[C@H](CNC(=O)N2CC(Oc3ccccc3)C2)C1. The number of hydrogen-bond acceptors (Lipinski definition) is 3. The smallest absolute Gasteiger partial charge is 0.317 e. The number of likely N-dealkylation sites (tertiary alicyclic amines) is 2. The molecule has 0 bridgehead atoms. The third-order valence-corrected chi connectivity index (χ3v) is 5.05. The number of benzene rings is 1. The Balaban J connectivity index is 1.36. The van der Waals surface area contributed by atoms with Gasteiger partial charge in [0, 0.05) is 25.6 Å². The van der Waals surface area contributed by atoms with E-state index >= 15 is 0 Å². The third kappa shape index (κ3) is 4.68. The Kier molecular flexibility index (Phi) is 6.01. The van der Waals surface area contributed by atoms with Crippen LogP contribution in [-0.2, 0) is 4.79 Å². The first kappa shape index (κ1) is 18.5. The zero-order chi connectivity index (χ0) is 18.5. The molecule has 2 aliphatic heterocycles. The van der Waals surface area contributed by atoms with E-state index in [1.54, 1.807) is 4.90 Å². The number of carbonyl (C=O) groups excluding carboxylic acids is 2. The quantitative estimate of drug-likeness (QED) is 0.878. The number of urea groups is 1. The van der Waals surface area contributed by atoms with Gasteiger partial charge in [-0.05, 0) is 30.9 Å². The zero-order valence-corrected chi connectivity index (χ0v) is 15.7. The molecule has 0 spiro atoms. The summed E-state index contributed by atoms with van der Waals surface area (Å²) in [5.41, 5.74) is 0. The van der Waals surface area contributed by atoms with Crippen LogP contribution in [0.15, 0.2) is 30.3 Å². The van der Waals surface area contributed by atoms with Crippen LogP contribution in [0.25, 0.3) is 0 Å². The normalized spacial score (nSPS) is 20.7. The van der Waals surface area contributed by atoms with Crippen molar-refractivity contribution in [2.45, 2.75) is 32.8 Å². The minimum absolute atomic E-state index is 0.0333. The van der Waals surface area contributed by atoms with Crippen molar-refractivity contribution in [3.63, 3.8) is 0 Å². The average molecular weight is 359 g/mol. The van der Waals surface area contributed by atoms with Crippen LogP contribution in [0.4, 0.5) is 4.79 Å². The van der Waals surface area contributed by atoms with E-state index in [9.17, 15) is 9.59 Å². The van der Waals surface area contributed by atoms with Crippen molar-refractivity contribution >= 4 is 11.9 Å². The van der Waals surface area contributed by atoms with Gasteiger partial charge in [-0.2, -0.15) is 0 Å². The van der Waals surface area contributed by atoms with E-state index in [4.69, 9.17) is 4.74 Å². The summed E-state index contributed by atoms with van der Waals surface area (Å²) in [6.45, 7) is 7.31. The molecule has 2 fully saturated rings. The largest absolute Gasteiger partial charge is 0.487 e. The number of nitrogens with one attached hydrogen (secondary N) is 1. The molecule has 1 aromatic carbocycles. The van der Waals surface area contributed by atoms with Gasteiger partial charge in [-0.15, -0.1) is 0 Å². The van der Waals surface area contributed by atoms with Gasteiger partial charge in [-0.25, -0.2) is 4.79 Å². The van der Waals surface area contributed by atoms with E-state index in [0.29, 0.717) is 25.6 Å². The van der Waals surface area contributed by atoms with Gasteiger partial charge in [-0.3, -0.25) is 4.79 Å². The molecule has 2 saturated heterocycles. The van der Waals surface area contributed by atoms with Gasteiger partial charge >= 0.3 is 6.03 Å². The number of piperidine rings is 1. The van der Waals surface area contributed by atoms with Crippen molar-refractivity contribution in [1.29, 1.82) is 0 Å². The second kappa shape index (κ2) is 8.43. The van der Waals surface area contributed by atoms with Crippen molar-refractivity contribution in [3.8, 4) is 5.75 Å². The Labute approximate surface area is 155 Å². The van der Waals surface area contributed by atoms with Crippen LogP contribution in [0, 0.1) is 11.8 Å². The van der Waals surface area contributed by atoms with Gasteiger partial charge in [0.1, 0.15) is 11.9 Å². The molecule has 26 heavy (non-hydrogen) atoms. The Morgan fingerprint density at radius 1 is 1.15 bits per heavy atom. The predicted octanol–water partition coefficient (Wildman–Crippen LogP) is 2.35. The number of para-hydroxylation sites is 1. The third-order valence-electron chi connectivity index (χ3n) is 5.05. The van der Waals surface area contributed by atoms with Crippen molar-refractivity contribution in [2.24, 2.45) is 11.8 Å². The van der Waals surface area contributed by atoms with Gasteiger partial charge in [0.2, 0.25) is 5.91 Å². The molecular weight excluding hydrogens is 330 g/mol. The molecule has 1 aromatic rings. The molecule has 3 amide bonds. The maximum absolute atomic E-state index is 12.3. The molecule has 142 valence electrons. The molecule has 0 saturated carbocycles. The van der Waals surface area contributed by atoms with Gasteiger partial charge in [0.25, 0.3) is 0 Å². The molecule has 1 atom stereocenters. The second-order valence-electron chi connectivity index (χ2n) is 7.59. The van der Waals surface area contributed by atoms with Crippen LogP contribution in [0.3, 0.4) is 0 Å². The van der Waals surface area contributed by atoms with Crippen LogP contribution < -0.4 is 10.1 Å². The summed E-state index contributed by atoms with van der Waals surface area (Å²) in [5.74, 6) is 1.43. The van der Waals surface area contributed by atoms with Crippen molar-refractivity contribution in [1.82, 2.24) is 15.1 Å². The van der Waals surface area contributed by atoms with E-state index in [1.807, 2.05) is 49.1 Å². The van der Waals surface area contributed by atoms with Gasteiger partial charge in [0.05, 0.1) is 13.1 Å². The van der Waals surface area contributed by atoms with Crippen LogP contribution >= 0.6 is 0 Å². The summed E-state index contributed by atoms with van der Waals surface area (Å²) in [6, 6.07) is 9.65. The number of rotatable bonds is 5. The summed E-state index contributed by atoms with van der Waals surface area (Å²) in [7, 11) is 0. The first-order valence-corrected chi connectivity index (χ1v) is 9.56. The summed E-state index contributed by atoms with van der Waals surface area (Å²) in [6.07, 6.45) is 2.13. The Bertz CT molecular complexity index is 614. The molecule has 0 aromatic heterocycles. The topological polar surface area (TPSA) is 61.9 Å². The van der Waals surface area contributed by atoms with Crippen LogP contribution in [-0.4, -0.2) is 60.6 Å². The molecule has 6 nitrogen and oxygen atoms in total. The summed E-state index contributed by atoms with van der Waals surface area (Å²) in [4.78, 5) is 28.1. The minimum atomic E-state index is -0.0368. The monoisotopic (exact) mass is 359 g/mol. The lowest BCUT2D eigenvalue weighted by Gasteiger charge is -2.39. The number of hydrogen-bond donors (Lipinski definition) is 1. The fourth-order valence-electron chi connectivity index (χ4n) is 3.51. The first-order chi connectivity index (χ1) is 12.5. The molecular formula is C20H29N3O3. The van der Waals surface area contributed by atoms with E-state index in [0.717, 1.165) is 31.7 Å². The lowest BCUT2D eigenvalue weighted by molar-refractivity contribution is -0.136. The first-order valence-electron chi connectivity index (χ1n) is 9.56. The molecule has 0 unspecified atom stereocenters. The highest BCUT2D eigenvalue weighted by molar-refractivity contribution is 5.78. The lowest BCUT2D eigenvalue weighted by atomic mass is 9.97. The zero-order valence-electron chi connectivity index (χ0n) is 15.7. The summed E-state index contributed by atoms with van der Waals surface area (Å²) in [5, 5.41) is 3.02. The molecule has 0 aliphatic carbocycles. The highest BCUT2D eigenvalue weighted by Crippen LogP contribution is 2.19. The standard InChI is InChI=1S/C20H29N3O3/c1-15(2)19(24)22-10-6-7-16(12-22)11-21-20(25)23-13-18(14-23)26-17-8-4-3-5-9-17/h3-5,8-9,15-16,18H,6-7,10-14H2,1-2H3,(H,21,25)/t16-/m1/s1. The Morgan fingerprint density at radius 3 is 2.58 bits per heavy atom. The lowest BCUT2D eigenvalue weighted by Crippen LogP contribution is -2.59. The average Bonchev–Trinajstić information content (AvgIpc) is 2.62. The maximum Gasteiger partial charge on any atom is 0.317 e. The van der Waals surface area contributed by atoms with E-state index in [-0.39, 0.29) is 24.0 Å². The number of carbonyl (C=O) groups is 2. The molecule has 6 heteroatoms. The highest BCUT2D eigenvalue weighted by Gasteiger charge is 2.33. The van der Waals surface area contributed by atoms with E-state index in [1.165, 1.54) is 0 Å². The Hall–Kier alpha value is -2.24. The van der Waals surface area contributed by atoms with E-state index in [2.05, 4.69) is 5.32 Å². The van der Waals surface area contributed by atoms with Crippen molar-refractivity contribution in [2.75, 3.05) is 32.7 Å². The van der Waals surface area contributed by atoms with Crippen LogP contribution in [0.5, 0.6) is 5.75 Å². The number of ether oxygens (including phenoxy) is 1. The summed E-state index contributed by atoms with van der Waals surface area (Å²) < 4.78 is 5.82.